The Kier molecular flexibility index (Phi) is 5.94. The van der Waals surface area contributed by atoms with Crippen molar-refractivity contribution in [2.45, 2.75) is 19.4 Å². The maximum absolute atomic E-state index is 13.5. The minimum absolute atomic E-state index is 0.118. The third-order valence-electron chi connectivity index (χ3n) is 2.71. The molecule has 110 valence electrons. The number of aliphatic carboxylic acids is 1. The number of hydrogen-bond acceptors (Lipinski definition) is 3. The van der Waals surface area contributed by atoms with Gasteiger partial charge < -0.3 is 10.4 Å². The summed E-state index contributed by atoms with van der Waals surface area (Å²) in [5.41, 5.74) is -0.244. The van der Waals surface area contributed by atoms with Crippen LogP contribution in [0, 0.1) is 18.6 Å². The summed E-state index contributed by atoms with van der Waals surface area (Å²) in [5.74, 6) is -3.27. The molecule has 0 aliphatic heterocycles. The summed E-state index contributed by atoms with van der Waals surface area (Å²) < 4.78 is 26.6. The van der Waals surface area contributed by atoms with Crippen molar-refractivity contribution in [2.24, 2.45) is 0 Å². The molecule has 0 radical (unpaired) electrons. The highest BCUT2D eigenvalue weighted by atomic mass is 32.2. The van der Waals surface area contributed by atoms with Crippen LogP contribution in [0.1, 0.15) is 22.3 Å². The van der Waals surface area contributed by atoms with Gasteiger partial charge in [-0.15, -0.1) is 0 Å². The lowest BCUT2D eigenvalue weighted by atomic mass is 10.1. The summed E-state index contributed by atoms with van der Waals surface area (Å²) in [6.45, 7) is 1.40. The lowest BCUT2D eigenvalue weighted by molar-refractivity contribution is -0.139. The molecule has 20 heavy (non-hydrogen) atoms. The molecule has 1 rings (SSSR count). The summed E-state index contributed by atoms with van der Waals surface area (Å²) in [4.78, 5) is 22.9. The highest BCUT2D eigenvalue weighted by Crippen LogP contribution is 2.14. The first-order valence-corrected chi connectivity index (χ1v) is 7.24. The maximum Gasteiger partial charge on any atom is 0.326 e. The van der Waals surface area contributed by atoms with Crippen LogP contribution in [0.4, 0.5) is 8.78 Å². The first-order valence-electron chi connectivity index (χ1n) is 5.85. The zero-order valence-corrected chi connectivity index (χ0v) is 11.9. The van der Waals surface area contributed by atoms with Crippen LogP contribution in [-0.2, 0) is 4.79 Å². The molecule has 1 atom stereocenters. The Morgan fingerprint density at radius 1 is 1.35 bits per heavy atom. The first-order chi connectivity index (χ1) is 9.36. The van der Waals surface area contributed by atoms with Crippen molar-refractivity contribution in [1.82, 2.24) is 5.32 Å². The molecule has 1 unspecified atom stereocenters. The summed E-state index contributed by atoms with van der Waals surface area (Å²) in [6, 6.07) is 0.578. The van der Waals surface area contributed by atoms with E-state index in [0.29, 0.717) is 11.8 Å². The molecule has 0 saturated heterocycles. The number of carboxylic acid groups (broad SMARTS) is 1. The van der Waals surface area contributed by atoms with E-state index in [4.69, 9.17) is 5.11 Å². The maximum atomic E-state index is 13.5. The molecule has 1 aromatic rings. The summed E-state index contributed by atoms with van der Waals surface area (Å²) in [5, 5.41) is 11.2. The van der Waals surface area contributed by atoms with Crippen LogP contribution in [0.15, 0.2) is 12.1 Å². The van der Waals surface area contributed by atoms with E-state index in [0.717, 1.165) is 6.07 Å². The third-order valence-corrected chi connectivity index (χ3v) is 3.35. The summed E-state index contributed by atoms with van der Waals surface area (Å²) in [6.07, 6.45) is 2.04. The first kappa shape index (κ1) is 16.4. The number of aryl methyl sites for hydroxylation is 1. The monoisotopic (exact) mass is 303 g/mol. The van der Waals surface area contributed by atoms with Gasteiger partial charge in [0.15, 0.2) is 0 Å². The SMILES string of the molecule is CSCCC(NC(=O)c1cc(C)c(F)cc1F)C(=O)O. The second-order valence-electron chi connectivity index (χ2n) is 4.23. The Morgan fingerprint density at radius 3 is 2.55 bits per heavy atom. The molecule has 0 bridgehead atoms. The second-order valence-corrected chi connectivity index (χ2v) is 5.21. The van der Waals surface area contributed by atoms with Crippen LogP contribution in [0.2, 0.25) is 0 Å². The van der Waals surface area contributed by atoms with Gasteiger partial charge in [-0.3, -0.25) is 4.79 Å². The minimum atomic E-state index is -1.19. The molecule has 0 heterocycles. The molecule has 0 aliphatic carbocycles. The van der Waals surface area contributed by atoms with Crippen molar-refractivity contribution in [2.75, 3.05) is 12.0 Å². The predicted molar refractivity (Wildman–Crippen MR) is 73.0 cm³/mol. The van der Waals surface area contributed by atoms with Gasteiger partial charge >= 0.3 is 5.97 Å². The van der Waals surface area contributed by atoms with E-state index in [1.165, 1.54) is 18.7 Å². The molecule has 0 aromatic heterocycles. The summed E-state index contributed by atoms with van der Waals surface area (Å²) in [7, 11) is 0. The molecule has 7 heteroatoms. The average Bonchev–Trinajstić information content (AvgIpc) is 2.38. The van der Waals surface area contributed by atoms with E-state index >= 15 is 0 Å². The number of amides is 1. The Balaban J connectivity index is 2.89. The molecule has 1 aromatic carbocycles. The highest BCUT2D eigenvalue weighted by Gasteiger charge is 2.22. The van der Waals surface area contributed by atoms with Gasteiger partial charge in [0.1, 0.15) is 17.7 Å². The number of carbonyl (C=O) groups excluding carboxylic acids is 1. The van der Waals surface area contributed by atoms with Gasteiger partial charge in [-0.25, -0.2) is 13.6 Å². The number of thioether (sulfide) groups is 1. The van der Waals surface area contributed by atoms with Crippen LogP contribution in [0.25, 0.3) is 0 Å². The Hall–Kier alpha value is -1.63. The van der Waals surface area contributed by atoms with Gasteiger partial charge in [-0.2, -0.15) is 11.8 Å². The van der Waals surface area contributed by atoms with Crippen LogP contribution in [0.5, 0.6) is 0 Å². The van der Waals surface area contributed by atoms with E-state index in [-0.39, 0.29) is 17.5 Å². The van der Waals surface area contributed by atoms with E-state index in [1.54, 1.807) is 0 Å². The zero-order chi connectivity index (χ0) is 15.3. The molecule has 0 spiro atoms. The molecule has 2 N–H and O–H groups in total. The fraction of sp³-hybridized carbons (Fsp3) is 0.385. The van der Waals surface area contributed by atoms with Crippen molar-refractivity contribution in [1.29, 1.82) is 0 Å². The van der Waals surface area contributed by atoms with Crippen LogP contribution in [-0.4, -0.2) is 35.0 Å². The lowest BCUT2D eigenvalue weighted by Gasteiger charge is -2.14. The molecule has 0 fully saturated rings. The minimum Gasteiger partial charge on any atom is -0.480 e. The number of carboxylic acids is 1. The molecule has 0 saturated carbocycles. The Labute approximate surface area is 119 Å². The van der Waals surface area contributed by atoms with Crippen LogP contribution >= 0.6 is 11.8 Å². The van der Waals surface area contributed by atoms with Crippen molar-refractivity contribution >= 4 is 23.6 Å². The Bertz CT molecular complexity index is 523. The number of carbonyl (C=O) groups is 2. The number of hydrogen-bond donors (Lipinski definition) is 2. The fourth-order valence-electron chi connectivity index (χ4n) is 1.56. The van der Waals surface area contributed by atoms with Crippen LogP contribution in [0.3, 0.4) is 0 Å². The molecule has 0 aliphatic rings. The van der Waals surface area contributed by atoms with Crippen LogP contribution < -0.4 is 5.32 Å². The number of benzene rings is 1. The van der Waals surface area contributed by atoms with Crippen molar-refractivity contribution in [3.8, 4) is 0 Å². The summed E-state index contributed by atoms with van der Waals surface area (Å²) >= 11 is 1.44. The molecule has 1 amide bonds. The van der Waals surface area contributed by atoms with Gasteiger partial charge in [-0.1, -0.05) is 0 Å². The van der Waals surface area contributed by atoms with Crippen molar-refractivity contribution in [3.63, 3.8) is 0 Å². The van der Waals surface area contributed by atoms with E-state index < -0.39 is 29.6 Å². The number of halogens is 2. The van der Waals surface area contributed by atoms with Gasteiger partial charge in [0.05, 0.1) is 5.56 Å². The molecular weight excluding hydrogens is 288 g/mol. The Morgan fingerprint density at radius 2 is 2.00 bits per heavy atom. The van der Waals surface area contributed by atoms with Gasteiger partial charge in [-0.05, 0) is 37.0 Å². The largest absolute Gasteiger partial charge is 0.480 e. The lowest BCUT2D eigenvalue weighted by Crippen LogP contribution is -2.41. The van der Waals surface area contributed by atoms with E-state index in [9.17, 15) is 18.4 Å². The molecule has 4 nitrogen and oxygen atoms in total. The average molecular weight is 303 g/mol. The normalized spacial score (nSPS) is 12.0. The standard InChI is InChI=1S/C13H15F2NO3S/c1-7-5-8(10(15)6-9(7)14)12(17)16-11(13(18)19)3-4-20-2/h5-6,11H,3-4H2,1-2H3,(H,16,17)(H,18,19). The zero-order valence-electron chi connectivity index (χ0n) is 11.1. The second kappa shape index (κ2) is 7.23. The smallest absolute Gasteiger partial charge is 0.326 e. The van der Waals surface area contributed by atoms with Crippen molar-refractivity contribution < 1.29 is 23.5 Å². The quantitative estimate of drug-likeness (QED) is 0.845. The number of nitrogens with one attached hydrogen (secondary N) is 1. The molecular formula is C13H15F2NO3S. The van der Waals surface area contributed by atoms with Gasteiger partial charge in [0, 0.05) is 6.07 Å². The van der Waals surface area contributed by atoms with Gasteiger partial charge in [0.2, 0.25) is 0 Å². The topological polar surface area (TPSA) is 66.4 Å². The van der Waals surface area contributed by atoms with E-state index in [2.05, 4.69) is 5.32 Å². The fourth-order valence-corrected chi connectivity index (χ4v) is 2.03. The van der Waals surface area contributed by atoms with E-state index in [1.807, 2.05) is 6.26 Å². The predicted octanol–water partition coefficient (Wildman–Crippen LogP) is 2.21. The third kappa shape index (κ3) is 4.19. The van der Waals surface area contributed by atoms with Crippen molar-refractivity contribution in [3.05, 3.63) is 34.9 Å². The highest BCUT2D eigenvalue weighted by molar-refractivity contribution is 7.98. The van der Waals surface area contributed by atoms with Gasteiger partial charge in [0.25, 0.3) is 5.91 Å². The number of rotatable bonds is 6.